The molecule has 0 aromatic heterocycles. The van der Waals surface area contributed by atoms with Crippen LogP contribution in [0.2, 0.25) is 0 Å². The van der Waals surface area contributed by atoms with E-state index >= 15 is 0 Å². The van der Waals surface area contributed by atoms with E-state index in [4.69, 9.17) is 11.1 Å². The summed E-state index contributed by atoms with van der Waals surface area (Å²) < 4.78 is 0. The highest BCUT2D eigenvalue weighted by Gasteiger charge is 2.16. The standard InChI is InChI=1S/C6H13N3/c1-6(2,4-7)5-9(3)8/h5,8H2,1-3H3. The Hall–Kier alpha value is -0.590. The summed E-state index contributed by atoms with van der Waals surface area (Å²) in [5.74, 6) is 5.34. The smallest absolute Gasteiger partial charge is 0.0698 e. The topological polar surface area (TPSA) is 53.0 Å². The van der Waals surface area contributed by atoms with Crippen LogP contribution in [-0.2, 0) is 0 Å². The van der Waals surface area contributed by atoms with E-state index in [9.17, 15) is 0 Å². The van der Waals surface area contributed by atoms with Crippen LogP contribution in [0, 0.1) is 16.7 Å². The second-order valence-electron chi connectivity index (χ2n) is 2.91. The van der Waals surface area contributed by atoms with E-state index in [1.807, 2.05) is 13.8 Å². The second kappa shape index (κ2) is 2.81. The van der Waals surface area contributed by atoms with Gasteiger partial charge in [-0.15, -0.1) is 0 Å². The van der Waals surface area contributed by atoms with E-state index in [1.54, 1.807) is 7.05 Å². The molecule has 9 heavy (non-hydrogen) atoms. The molecule has 3 nitrogen and oxygen atoms in total. The first-order valence-corrected chi connectivity index (χ1v) is 2.85. The van der Waals surface area contributed by atoms with Gasteiger partial charge in [0.25, 0.3) is 0 Å². The zero-order valence-corrected chi connectivity index (χ0v) is 6.18. The molecular formula is C6H13N3. The minimum atomic E-state index is -0.330. The van der Waals surface area contributed by atoms with E-state index in [0.717, 1.165) is 0 Å². The summed E-state index contributed by atoms with van der Waals surface area (Å²) in [6, 6.07) is 2.15. The Balaban J connectivity index is 3.76. The van der Waals surface area contributed by atoms with Crippen molar-refractivity contribution in [2.45, 2.75) is 13.8 Å². The van der Waals surface area contributed by atoms with Gasteiger partial charge in [-0.1, -0.05) is 0 Å². The summed E-state index contributed by atoms with van der Waals surface area (Å²) in [5.41, 5.74) is -0.330. The van der Waals surface area contributed by atoms with E-state index in [2.05, 4.69) is 6.07 Å². The minimum Gasteiger partial charge on any atom is -0.269 e. The molecule has 3 heteroatoms. The first-order valence-electron chi connectivity index (χ1n) is 2.85. The van der Waals surface area contributed by atoms with Crippen LogP contribution < -0.4 is 5.84 Å². The average molecular weight is 127 g/mol. The monoisotopic (exact) mass is 127 g/mol. The van der Waals surface area contributed by atoms with Crippen molar-refractivity contribution in [3.8, 4) is 6.07 Å². The van der Waals surface area contributed by atoms with Crippen LogP contribution in [0.25, 0.3) is 0 Å². The van der Waals surface area contributed by atoms with Crippen molar-refractivity contribution in [1.82, 2.24) is 5.01 Å². The lowest BCUT2D eigenvalue weighted by atomic mass is 9.96. The van der Waals surface area contributed by atoms with E-state index in [1.165, 1.54) is 5.01 Å². The molecule has 0 aromatic rings. The van der Waals surface area contributed by atoms with Crippen molar-refractivity contribution >= 4 is 0 Å². The van der Waals surface area contributed by atoms with Crippen molar-refractivity contribution < 1.29 is 0 Å². The number of rotatable bonds is 2. The molecule has 0 aliphatic carbocycles. The number of nitrogens with zero attached hydrogens (tertiary/aromatic N) is 2. The Morgan fingerprint density at radius 1 is 1.67 bits per heavy atom. The molecular weight excluding hydrogens is 114 g/mol. The molecule has 0 bridgehead atoms. The van der Waals surface area contributed by atoms with Gasteiger partial charge in [-0.05, 0) is 13.8 Å². The molecule has 0 aliphatic rings. The van der Waals surface area contributed by atoms with Gasteiger partial charge in [-0.2, -0.15) is 5.26 Å². The largest absolute Gasteiger partial charge is 0.269 e. The number of nitriles is 1. The summed E-state index contributed by atoms with van der Waals surface area (Å²) in [5, 5.41) is 10.0. The third-order valence-electron chi connectivity index (χ3n) is 0.947. The molecule has 0 saturated heterocycles. The lowest BCUT2D eigenvalue weighted by Crippen LogP contribution is -2.35. The zero-order chi connectivity index (χ0) is 7.49. The molecule has 0 fully saturated rings. The molecule has 0 rings (SSSR count). The maximum absolute atomic E-state index is 8.51. The van der Waals surface area contributed by atoms with E-state index < -0.39 is 0 Å². The molecule has 0 atom stereocenters. The first-order chi connectivity index (χ1) is 3.98. The van der Waals surface area contributed by atoms with Gasteiger partial charge < -0.3 is 0 Å². The Bertz CT molecular complexity index is 121. The van der Waals surface area contributed by atoms with E-state index in [0.29, 0.717) is 6.54 Å². The third-order valence-corrected chi connectivity index (χ3v) is 0.947. The SMILES string of the molecule is CN(N)CC(C)(C)C#N. The van der Waals surface area contributed by atoms with Crippen LogP contribution in [0.4, 0.5) is 0 Å². The summed E-state index contributed by atoms with van der Waals surface area (Å²) >= 11 is 0. The van der Waals surface area contributed by atoms with E-state index in [-0.39, 0.29) is 5.41 Å². The van der Waals surface area contributed by atoms with Gasteiger partial charge in [0.05, 0.1) is 11.5 Å². The van der Waals surface area contributed by atoms with Crippen LogP contribution in [0.5, 0.6) is 0 Å². The van der Waals surface area contributed by atoms with Crippen LogP contribution in [0.1, 0.15) is 13.8 Å². The summed E-state index contributed by atoms with van der Waals surface area (Å²) in [6.45, 7) is 4.32. The molecule has 0 heterocycles. The first kappa shape index (κ1) is 8.41. The van der Waals surface area contributed by atoms with Crippen molar-refractivity contribution in [2.75, 3.05) is 13.6 Å². The van der Waals surface area contributed by atoms with Gasteiger partial charge in [-0.3, -0.25) is 5.84 Å². The van der Waals surface area contributed by atoms with Crippen LogP contribution in [0.3, 0.4) is 0 Å². The van der Waals surface area contributed by atoms with Gasteiger partial charge >= 0.3 is 0 Å². The average Bonchev–Trinajstić information content (AvgIpc) is 1.63. The number of hydrogen-bond donors (Lipinski definition) is 1. The molecule has 0 amide bonds. The van der Waals surface area contributed by atoms with Crippen LogP contribution in [-0.4, -0.2) is 18.6 Å². The third kappa shape index (κ3) is 3.95. The fourth-order valence-corrected chi connectivity index (χ4v) is 0.659. The van der Waals surface area contributed by atoms with Crippen molar-refractivity contribution in [1.29, 1.82) is 5.26 Å². The highest BCUT2D eigenvalue weighted by molar-refractivity contribution is 4.92. The van der Waals surface area contributed by atoms with Crippen LogP contribution in [0.15, 0.2) is 0 Å². The highest BCUT2D eigenvalue weighted by atomic mass is 15.4. The Morgan fingerprint density at radius 3 is 2.22 bits per heavy atom. The Labute approximate surface area is 56.0 Å². The maximum atomic E-state index is 8.51. The van der Waals surface area contributed by atoms with Crippen molar-refractivity contribution in [3.05, 3.63) is 0 Å². The Kier molecular flexibility index (Phi) is 2.63. The highest BCUT2D eigenvalue weighted by Crippen LogP contribution is 2.11. The molecule has 0 aliphatic heterocycles. The molecule has 2 N–H and O–H groups in total. The van der Waals surface area contributed by atoms with Crippen LogP contribution >= 0.6 is 0 Å². The fourth-order valence-electron chi connectivity index (χ4n) is 0.659. The maximum Gasteiger partial charge on any atom is 0.0698 e. The number of nitrogens with two attached hydrogens (primary N) is 1. The van der Waals surface area contributed by atoms with Gasteiger partial charge in [0, 0.05) is 13.6 Å². The number of hydrazine groups is 1. The zero-order valence-electron chi connectivity index (χ0n) is 6.18. The fraction of sp³-hybridized carbons (Fsp3) is 0.833. The van der Waals surface area contributed by atoms with Gasteiger partial charge in [0.2, 0.25) is 0 Å². The molecule has 52 valence electrons. The quantitative estimate of drug-likeness (QED) is 0.430. The molecule has 0 aromatic carbocycles. The van der Waals surface area contributed by atoms with Crippen molar-refractivity contribution in [2.24, 2.45) is 11.3 Å². The minimum absolute atomic E-state index is 0.330. The lowest BCUT2D eigenvalue weighted by molar-refractivity contribution is 0.262. The normalized spacial score (nSPS) is 11.6. The predicted octanol–water partition coefficient (Wildman–Crippen LogP) is 0.342. The lowest BCUT2D eigenvalue weighted by Gasteiger charge is -2.19. The number of hydrogen-bond acceptors (Lipinski definition) is 3. The predicted molar refractivity (Wildman–Crippen MR) is 36.2 cm³/mol. The molecule has 0 saturated carbocycles. The van der Waals surface area contributed by atoms with Gasteiger partial charge in [0.15, 0.2) is 0 Å². The molecule has 0 spiro atoms. The summed E-state index contributed by atoms with van der Waals surface area (Å²) in [4.78, 5) is 0. The molecule has 0 unspecified atom stereocenters. The van der Waals surface area contributed by atoms with Crippen molar-refractivity contribution in [3.63, 3.8) is 0 Å². The van der Waals surface area contributed by atoms with Gasteiger partial charge in [0.1, 0.15) is 0 Å². The second-order valence-corrected chi connectivity index (χ2v) is 2.91. The van der Waals surface area contributed by atoms with Gasteiger partial charge in [-0.25, -0.2) is 5.01 Å². The molecule has 0 radical (unpaired) electrons. The summed E-state index contributed by atoms with van der Waals surface area (Å²) in [7, 11) is 1.75. The Morgan fingerprint density at radius 2 is 2.11 bits per heavy atom. The summed E-state index contributed by atoms with van der Waals surface area (Å²) in [6.07, 6.45) is 0.